The molecule has 11 rings (SSSR count). The number of nitro groups is 1. The molecule has 5 amide bonds. The van der Waals surface area contributed by atoms with Crippen molar-refractivity contribution in [2.24, 2.45) is 11.3 Å². The first-order chi connectivity index (χ1) is 39.8. The molecular formula is C60H64ClN11O10S. The monoisotopic (exact) mass is 1170 g/mol. The van der Waals surface area contributed by atoms with Crippen molar-refractivity contribution in [2.75, 3.05) is 74.4 Å². The van der Waals surface area contributed by atoms with Crippen LogP contribution in [0.2, 0.25) is 5.02 Å². The Morgan fingerprint density at radius 1 is 0.892 bits per heavy atom. The Labute approximate surface area is 485 Å². The van der Waals surface area contributed by atoms with E-state index in [0.717, 1.165) is 56.0 Å². The molecule has 6 heterocycles. The summed E-state index contributed by atoms with van der Waals surface area (Å²) in [7, 11) is -4.67. The molecule has 4 aromatic carbocycles. The number of allylic oxidation sites excluding steroid dienone is 1. The summed E-state index contributed by atoms with van der Waals surface area (Å²) in [5.74, 6) is -1.92. The second-order valence-corrected chi connectivity index (χ2v) is 24.8. The van der Waals surface area contributed by atoms with Gasteiger partial charge in [-0.25, -0.2) is 18.1 Å². The molecule has 0 saturated carbocycles. The van der Waals surface area contributed by atoms with Crippen LogP contribution in [-0.2, 0) is 31.0 Å². The van der Waals surface area contributed by atoms with Crippen molar-refractivity contribution in [1.82, 2.24) is 34.7 Å². The fourth-order valence-corrected chi connectivity index (χ4v) is 13.0. The highest BCUT2D eigenvalue weighted by Crippen LogP contribution is 2.44. The number of ether oxygens (including phenoxy) is 1. The molecule has 1 atom stereocenters. The molecule has 1 aliphatic carbocycles. The van der Waals surface area contributed by atoms with Crippen molar-refractivity contribution >= 4 is 90.5 Å². The summed E-state index contributed by atoms with van der Waals surface area (Å²) in [6.07, 6.45) is 7.93. The van der Waals surface area contributed by atoms with Crippen LogP contribution in [0.3, 0.4) is 0 Å². The summed E-state index contributed by atoms with van der Waals surface area (Å²) in [6.45, 7) is 9.74. The zero-order valence-electron chi connectivity index (χ0n) is 46.0. The van der Waals surface area contributed by atoms with Gasteiger partial charge in [0.15, 0.2) is 0 Å². The number of aromatic amines is 1. The number of aromatic nitrogens is 2. The molecule has 5 N–H and O–H groups in total. The van der Waals surface area contributed by atoms with Gasteiger partial charge >= 0.3 is 0 Å². The minimum atomic E-state index is -4.67. The molecule has 3 saturated heterocycles. The van der Waals surface area contributed by atoms with Crippen LogP contribution in [0.4, 0.5) is 22.7 Å². The third-order valence-corrected chi connectivity index (χ3v) is 18.2. The number of pyridine rings is 1. The van der Waals surface area contributed by atoms with Crippen LogP contribution in [0.5, 0.6) is 11.5 Å². The predicted molar refractivity (Wildman–Crippen MR) is 314 cm³/mol. The number of sulfonamides is 1. The lowest BCUT2D eigenvalue weighted by atomic mass is 9.72. The first-order valence-corrected chi connectivity index (χ1v) is 29.8. The van der Waals surface area contributed by atoms with Crippen molar-refractivity contribution in [2.45, 2.75) is 76.3 Å². The highest BCUT2D eigenvalue weighted by atomic mass is 35.5. The number of piperidine rings is 2. The molecule has 2 aromatic heterocycles. The van der Waals surface area contributed by atoms with Gasteiger partial charge in [-0.15, -0.1) is 0 Å². The van der Waals surface area contributed by atoms with Gasteiger partial charge in [-0.05, 0) is 122 Å². The van der Waals surface area contributed by atoms with Gasteiger partial charge in [-0.2, -0.15) is 0 Å². The van der Waals surface area contributed by atoms with Gasteiger partial charge in [0.2, 0.25) is 17.7 Å². The number of nitro benzene ring substituents is 1. The Morgan fingerprint density at radius 2 is 1.67 bits per heavy atom. The largest absolute Gasteiger partial charge is 0.455 e. The number of amides is 5. The zero-order chi connectivity index (χ0) is 58.2. The predicted octanol–water partition coefficient (Wildman–Crippen LogP) is 8.35. The van der Waals surface area contributed by atoms with E-state index in [1.165, 1.54) is 46.0 Å². The quantitative estimate of drug-likeness (QED) is 0.0326. The third-order valence-electron chi connectivity index (χ3n) is 16.6. The molecule has 6 aromatic rings. The summed E-state index contributed by atoms with van der Waals surface area (Å²) in [6, 6.07) is 24.5. The summed E-state index contributed by atoms with van der Waals surface area (Å²) in [4.78, 5) is 91.8. The average molecular weight is 1170 g/mol. The summed E-state index contributed by atoms with van der Waals surface area (Å²) in [5.41, 5.74) is 6.86. The van der Waals surface area contributed by atoms with E-state index in [0.29, 0.717) is 78.8 Å². The van der Waals surface area contributed by atoms with E-state index < -0.39 is 43.4 Å². The Bertz CT molecular complexity index is 3700. The lowest BCUT2D eigenvalue weighted by Crippen LogP contribution is -2.52. The number of fused-ring (bicyclic) bond motifs is 2. The van der Waals surface area contributed by atoms with Crippen LogP contribution < -0.4 is 30.3 Å². The Balaban J connectivity index is 0.712. The number of H-pyrrole nitrogens is 1. The van der Waals surface area contributed by atoms with Gasteiger partial charge in [-0.1, -0.05) is 49.2 Å². The number of benzene rings is 4. The molecule has 21 nitrogen and oxygen atoms in total. The molecule has 0 bridgehead atoms. The Kier molecular flexibility index (Phi) is 16.0. The molecular weight excluding hydrogens is 1100 g/mol. The van der Waals surface area contributed by atoms with E-state index in [1.807, 2.05) is 18.2 Å². The van der Waals surface area contributed by atoms with Gasteiger partial charge in [0.1, 0.15) is 28.9 Å². The lowest BCUT2D eigenvalue weighted by molar-refractivity contribution is -0.384. The highest BCUT2D eigenvalue weighted by molar-refractivity contribution is 7.90. The third kappa shape index (κ3) is 12.5. The van der Waals surface area contributed by atoms with Crippen LogP contribution in [-0.4, -0.2) is 132 Å². The topological polar surface area (TPSA) is 262 Å². The zero-order valence-corrected chi connectivity index (χ0v) is 47.6. The lowest BCUT2D eigenvalue weighted by Gasteiger charge is -2.39. The van der Waals surface area contributed by atoms with Gasteiger partial charge in [-0.3, -0.25) is 44.3 Å². The number of rotatable bonds is 17. The summed E-state index contributed by atoms with van der Waals surface area (Å²) in [5, 5.41) is 22.5. The fourth-order valence-electron chi connectivity index (χ4n) is 11.9. The Morgan fingerprint density at radius 3 is 2.43 bits per heavy atom. The van der Waals surface area contributed by atoms with E-state index in [-0.39, 0.29) is 72.0 Å². The number of hydrogen-bond acceptors (Lipinski definition) is 15. The number of carbonyl (C=O) groups is 5. The van der Waals surface area contributed by atoms with Crippen molar-refractivity contribution < 1.29 is 42.1 Å². The maximum atomic E-state index is 14.2. The minimum Gasteiger partial charge on any atom is -0.455 e. The maximum Gasteiger partial charge on any atom is 0.293 e. The van der Waals surface area contributed by atoms with Gasteiger partial charge in [0.25, 0.3) is 27.5 Å². The second-order valence-electron chi connectivity index (χ2n) is 22.7. The van der Waals surface area contributed by atoms with Crippen LogP contribution in [0.15, 0.2) is 114 Å². The average Bonchev–Trinajstić information content (AvgIpc) is 4.34. The minimum absolute atomic E-state index is 0.0241. The van der Waals surface area contributed by atoms with E-state index in [2.05, 4.69) is 66.4 Å². The molecule has 23 heteroatoms. The van der Waals surface area contributed by atoms with Crippen LogP contribution in [0, 0.1) is 21.4 Å². The number of imide groups is 1. The van der Waals surface area contributed by atoms with Crippen molar-refractivity contribution in [3.05, 3.63) is 146 Å². The number of hydrogen-bond donors (Lipinski definition) is 5. The van der Waals surface area contributed by atoms with Crippen LogP contribution >= 0.6 is 11.6 Å². The van der Waals surface area contributed by atoms with E-state index >= 15 is 0 Å². The number of likely N-dealkylation sites (tertiary alicyclic amines) is 1. The molecule has 83 heavy (non-hydrogen) atoms. The van der Waals surface area contributed by atoms with Crippen molar-refractivity contribution in [1.29, 1.82) is 0 Å². The first kappa shape index (κ1) is 56.5. The molecule has 1 unspecified atom stereocenters. The molecule has 5 aliphatic rings. The molecule has 0 spiro atoms. The summed E-state index contributed by atoms with van der Waals surface area (Å²) >= 11 is 6.27. The van der Waals surface area contributed by atoms with Gasteiger partial charge in [0, 0.05) is 117 Å². The first-order valence-electron chi connectivity index (χ1n) is 27.9. The molecule has 3 fully saturated rings. The van der Waals surface area contributed by atoms with E-state index in [9.17, 15) is 42.5 Å². The number of halogens is 1. The van der Waals surface area contributed by atoms with Gasteiger partial charge in [0.05, 0.1) is 28.1 Å². The molecule has 4 aliphatic heterocycles. The van der Waals surface area contributed by atoms with E-state index in [1.54, 1.807) is 47.5 Å². The number of nitrogens with zero attached hydrogens (tertiary/aromatic N) is 6. The normalized spacial score (nSPS) is 18.7. The van der Waals surface area contributed by atoms with Crippen molar-refractivity contribution in [3.63, 3.8) is 0 Å². The smallest absolute Gasteiger partial charge is 0.293 e. The number of nitrogens with one attached hydrogen (secondary N) is 5. The van der Waals surface area contributed by atoms with Gasteiger partial charge < -0.3 is 35.1 Å². The second kappa shape index (κ2) is 23.5. The van der Waals surface area contributed by atoms with Crippen molar-refractivity contribution in [3.8, 4) is 11.5 Å². The van der Waals surface area contributed by atoms with E-state index in [4.69, 9.17) is 16.3 Å². The highest BCUT2D eigenvalue weighted by Gasteiger charge is 2.40. The number of anilines is 3. The fraction of sp³-hybridized carbons (Fsp3) is 0.367. The van der Waals surface area contributed by atoms with Crippen LogP contribution in [0.25, 0.3) is 16.6 Å². The molecule has 432 valence electrons. The maximum absolute atomic E-state index is 14.2. The SMILES string of the molecule is CC1(C)CCC(CN2CCN(c3ccc(C(=O)NS(=O)(=O)c4ccc(NCC5CCN(C(=O)CNc6cccc7c6CN(C6CCC(=O)NC6=O)C7=O)CC5)c([N+](=O)[O-])c4)c(Oc4cnc5[nH]ccc5c4)c3)CC2)=C(c2ccc(Cl)cc2)C1. The van der Waals surface area contributed by atoms with Crippen LogP contribution in [0.1, 0.15) is 90.6 Å². The standard InChI is InChI=1S/C60H64ClN11O10S/c1-60(2)20-16-40(47(31-60)38-6-8-41(61)9-7-38)35-68-24-26-69(27-25-68)42-10-12-46(53(29-42)82-43-28-39-17-21-62-56(39)65-33-43)57(75)67-83(80,81)44-11-13-50(52(30-44)72(78)79)63-32-37-18-22-70(23-19-37)55(74)34-64-49-5-3-4-45-48(49)36-71(59(45)77)51-14-15-54(73)66-58(51)76/h3-13,17,21,28-30,33,37,51,63-64H,14-16,18-20,22-27,31-32,34-36H2,1-2H3,(H,62,65)(H,67,75)(H,66,73,76). The summed E-state index contributed by atoms with van der Waals surface area (Å²) < 4.78 is 36.4. The Hall–Kier alpha value is -8.34. The molecule has 0 radical (unpaired) electrons. The number of piperazine rings is 1. The number of carbonyl (C=O) groups excluding carboxylic acids is 5.